The summed E-state index contributed by atoms with van der Waals surface area (Å²) in [7, 11) is 0. The van der Waals surface area contributed by atoms with Crippen molar-refractivity contribution in [2.24, 2.45) is 0 Å². The zero-order chi connectivity index (χ0) is 8.77. The van der Waals surface area contributed by atoms with E-state index in [9.17, 15) is 0 Å². The molecule has 0 aromatic carbocycles. The quantitative estimate of drug-likeness (QED) is 0.550. The lowest BCUT2D eigenvalue weighted by atomic mass is 10.1. The summed E-state index contributed by atoms with van der Waals surface area (Å²) in [6.45, 7) is 5.84. The van der Waals surface area contributed by atoms with Gasteiger partial charge in [0.2, 0.25) is 0 Å². The van der Waals surface area contributed by atoms with Crippen molar-refractivity contribution in [1.82, 2.24) is 0 Å². The van der Waals surface area contributed by atoms with Crippen LogP contribution in [0.25, 0.3) is 0 Å². The lowest BCUT2D eigenvalue weighted by Crippen LogP contribution is -2.36. The Morgan fingerprint density at radius 2 is 2.00 bits per heavy atom. The summed E-state index contributed by atoms with van der Waals surface area (Å²) in [6, 6.07) is 0. The molecule has 12 heavy (non-hydrogen) atoms. The maximum atomic E-state index is 5.67. The molecule has 0 aromatic heterocycles. The summed E-state index contributed by atoms with van der Waals surface area (Å²) in [4.78, 5) is 0. The minimum Gasteiger partial charge on any atom is -0.496 e. The van der Waals surface area contributed by atoms with Gasteiger partial charge in [-0.3, -0.25) is 0 Å². The molecule has 0 unspecified atom stereocenters. The van der Waals surface area contributed by atoms with Gasteiger partial charge in [0.25, 0.3) is 0 Å². The standard InChI is InChI=1S/C9H14O3/c1-6-8-7(4-5-10-6)11-9(2,3)12-8/h4-8H,1-3H3/t6-,7+,8-/m1/s1. The molecule has 2 aliphatic heterocycles. The van der Waals surface area contributed by atoms with Crippen molar-refractivity contribution in [1.29, 1.82) is 0 Å². The largest absolute Gasteiger partial charge is 0.496 e. The summed E-state index contributed by atoms with van der Waals surface area (Å²) in [5, 5.41) is 0. The third-order valence-corrected chi connectivity index (χ3v) is 2.19. The first-order chi connectivity index (χ1) is 5.58. The fraction of sp³-hybridized carbons (Fsp3) is 0.778. The van der Waals surface area contributed by atoms with Crippen molar-refractivity contribution < 1.29 is 14.2 Å². The Morgan fingerprint density at radius 3 is 2.67 bits per heavy atom. The number of fused-ring (bicyclic) bond motifs is 1. The fourth-order valence-electron chi connectivity index (χ4n) is 1.65. The molecule has 0 saturated carbocycles. The fourth-order valence-corrected chi connectivity index (χ4v) is 1.65. The highest BCUT2D eigenvalue weighted by Crippen LogP contribution is 2.33. The molecule has 0 aliphatic carbocycles. The molecule has 0 amide bonds. The van der Waals surface area contributed by atoms with Crippen LogP contribution in [0.1, 0.15) is 20.8 Å². The van der Waals surface area contributed by atoms with Gasteiger partial charge in [0.1, 0.15) is 18.3 Å². The van der Waals surface area contributed by atoms with Crippen LogP contribution < -0.4 is 0 Å². The number of hydrogen-bond acceptors (Lipinski definition) is 3. The van der Waals surface area contributed by atoms with Gasteiger partial charge in [-0.25, -0.2) is 0 Å². The first-order valence-corrected chi connectivity index (χ1v) is 4.26. The van der Waals surface area contributed by atoms with E-state index in [0.29, 0.717) is 0 Å². The van der Waals surface area contributed by atoms with Crippen molar-refractivity contribution in [3.8, 4) is 0 Å². The van der Waals surface area contributed by atoms with Crippen LogP contribution >= 0.6 is 0 Å². The lowest BCUT2D eigenvalue weighted by molar-refractivity contribution is -0.150. The molecule has 0 bridgehead atoms. The molecule has 3 atom stereocenters. The van der Waals surface area contributed by atoms with E-state index >= 15 is 0 Å². The molecule has 3 heteroatoms. The zero-order valence-electron chi connectivity index (χ0n) is 7.61. The summed E-state index contributed by atoms with van der Waals surface area (Å²) >= 11 is 0. The molecule has 0 N–H and O–H groups in total. The first-order valence-electron chi connectivity index (χ1n) is 4.26. The van der Waals surface area contributed by atoms with Gasteiger partial charge in [-0.05, 0) is 26.8 Å². The predicted octanol–water partition coefficient (Wildman–Crippen LogP) is 1.44. The number of ether oxygens (including phenoxy) is 3. The van der Waals surface area contributed by atoms with Gasteiger partial charge in [-0.1, -0.05) is 0 Å². The zero-order valence-corrected chi connectivity index (χ0v) is 7.61. The molecule has 3 nitrogen and oxygen atoms in total. The van der Waals surface area contributed by atoms with Gasteiger partial charge in [-0.2, -0.15) is 0 Å². The van der Waals surface area contributed by atoms with E-state index < -0.39 is 5.79 Å². The molecule has 68 valence electrons. The molecule has 2 aliphatic rings. The highest BCUT2D eigenvalue weighted by Gasteiger charge is 2.44. The topological polar surface area (TPSA) is 27.7 Å². The molecule has 0 radical (unpaired) electrons. The summed E-state index contributed by atoms with van der Waals surface area (Å²) in [5.74, 6) is -0.471. The van der Waals surface area contributed by atoms with Crippen LogP contribution in [0.2, 0.25) is 0 Å². The Balaban J connectivity index is 2.17. The molecule has 1 fully saturated rings. The van der Waals surface area contributed by atoms with E-state index in [-0.39, 0.29) is 18.3 Å². The summed E-state index contributed by atoms with van der Waals surface area (Å²) in [6.07, 6.45) is 3.78. The molecule has 1 saturated heterocycles. The smallest absolute Gasteiger partial charge is 0.164 e. The van der Waals surface area contributed by atoms with Gasteiger partial charge >= 0.3 is 0 Å². The second-order valence-corrected chi connectivity index (χ2v) is 3.73. The van der Waals surface area contributed by atoms with E-state index in [1.54, 1.807) is 6.26 Å². The summed E-state index contributed by atoms with van der Waals surface area (Å²) < 4.78 is 16.6. The Hall–Kier alpha value is -0.540. The molecule has 2 heterocycles. The number of hydrogen-bond donors (Lipinski definition) is 0. The second kappa shape index (κ2) is 2.47. The van der Waals surface area contributed by atoms with Crippen molar-refractivity contribution in [3.05, 3.63) is 12.3 Å². The van der Waals surface area contributed by atoms with Crippen LogP contribution in [0.3, 0.4) is 0 Å². The normalized spacial score (nSPS) is 43.8. The van der Waals surface area contributed by atoms with Gasteiger partial charge in [0, 0.05) is 0 Å². The predicted molar refractivity (Wildman–Crippen MR) is 43.5 cm³/mol. The van der Waals surface area contributed by atoms with Crippen LogP contribution in [0.15, 0.2) is 12.3 Å². The Kier molecular flexibility index (Phi) is 1.66. The minimum absolute atomic E-state index is 0.0463. The van der Waals surface area contributed by atoms with E-state index in [1.807, 2.05) is 26.8 Å². The van der Waals surface area contributed by atoms with Gasteiger partial charge in [-0.15, -0.1) is 0 Å². The van der Waals surface area contributed by atoms with Crippen LogP contribution in [0, 0.1) is 0 Å². The average molecular weight is 170 g/mol. The van der Waals surface area contributed by atoms with Crippen molar-refractivity contribution in [2.75, 3.05) is 0 Å². The van der Waals surface area contributed by atoms with Crippen molar-refractivity contribution in [2.45, 2.75) is 44.9 Å². The Labute approximate surface area is 72.3 Å². The van der Waals surface area contributed by atoms with Crippen LogP contribution in [-0.2, 0) is 14.2 Å². The third kappa shape index (κ3) is 1.23. The average Bonchev–Trinajstić information content (AvgIpc) is 2.25. The van der Waals surface area contributed by atoms with Crippen molar-refractivity contribution in [3.63, 3.8) is 0 Å². The maximum absolute atomic E-state index is 5.67. The molecule has 2 rings (SSSR count). The van der Waals surface area contributed by atoms with Crippen LogP contribution in [-0.4, -0.2) is 24.1 Å². The highest BCUT2D eigenvalue weighted by molar-refractivity contribution is 5.01. The van der Waals surface area contributed by atoms with Crippen molar-refractivity contribution >= 4 is 0 Å². The van der Waals surface area contributed by atoms with E-state index in [2.05, 4.69) is 0 Å². The van der Waals surface area contributed by atoms with Crippen LogP contribution in [0.5, 0.6) is 0 Å². The lowest BCUT2D eigenvalue weighted by Gasteiger charge is -2.24. The van der Waals surface area contributed by atoms with Gasteiger partial charge in [0.05, 0.1) is 6.26 Å². The monoisotopic (exact) mass is 170 g/mol. The Morgan fingerprint density at radius 1 is 1.25 bits per heavy atom. The molecule has 0 spiro atoms. The third-order valence-electron chi connectivity index (χ3n) is 2.19. The van der Waals surface area contributed by atoms with Gasteiger partial charge < -0.3 is 14.2 Å². The first kappa shape index (κ1) is 8.08. The number of rotatable bonds is 0. The highest BCUT2D eigenvalue weighted by atomic mass is 16.8. The Bertz CT molecular complexity index is 210. The second-order valence-electron chi connectivity index (χ2n) is 3.73. The van der Waals surface area contributed by atoms with E-state index in [4.69, 9.17) is 14.2 Å². The minimum atomic E-state index is -0.471. The SMILES string of the molecule is C[C@H]1OC=C[C@@H]2OC(C)(C)O[C@@H]21. The summed E-state index contributed by atoms with van der Waals surface area (Å²) in [5.41, 5.74) is 0. The van der Waals surface area contributed by atoms with Gasteiger partial charge in [0.15, 0.2) is 5.79 Å². The molecule has 0 aromatic rings. The van der Waals surface area contributed by atoms with E-state index in [1.165, 1.54) is 0 Å². The maximum Gasteiger partial charge on any atom is 0.164 e. The molecular formula is C9H14O3. The van der Waals surface area contributed by atoms with Crippen LogP contribution in [0.4, 0.5) is 0 Å². The van der Waals surface area contributed by atoms with E-state index in [0.717, 1.165) is 0 Å². The molecular weight excluding hydrogens is 156 g/mol.